The number of nitrogens with one attached hydrogen (secondary N) is 1. The lowest BCUT2D eigenvalue weighted by atomic mass is 10.1. The van der Waals surface area contributed by atoms with Gasteiger partial charge in [-0.05, 0) is 6.07 Å². The Morgan fingerprint density at radius 1 is 1.37 bits per heavy atom. The molecule has 0 unspecified atom stereocenters. The zero-order valence-electron chi connectivity index (χ0n) is 9.70. The van der Waals surface area contributed by atoms with E-state index in [4.69, 9.17) is 10.8 Å². The summed E-state index contributed by atoms with van der Waals surface area (Å²) in [4.78, 5) is 13.3. The number of carbonyl (C=O) groups is 1. The van der Waals surface area contributed by atoms with Crippen molar-refractivity contribution in [2.24, 2.45) is 5.73 Å². The standard InChI is InChI=1S/C11H12N2O5S/c12-8(11(14)15)5-7-6-3-1-2-4-9(6)13-10(7)19(16,17)18/h1-4,8,13H,5,12H2,(H,14,15)(H,16,17,18)/t8-/m0/s1. The van der Waals surface area contributed by atoms with Gasteiger partial charge in [-0.3, -0.25) is 9.35 Å². The highest BCUT2D eigenvalue weighted by molar-refractivity contribution is 7.85. The predicted molar refractivity (Wildman–Crippen MR) is 67.4 cm³/mol. The molecule has 1 heterocycles. The number of H-pyrrole nitrogens is 1. The first kappa shape index (κ1) is 13.5. The van der Waals surface area contributed by atoms with Gasteiger partial charge in [0.15, 0.2) is 5.03 Å². The number of carboxylic acids is 1. The lowest BCUT2D eigenvalue weighted by Crippen LogP contribution is -2.32. The molecule has 2 rings (SSSR count). The molecule has 19 heavy (non-hydrogen) atoms. The van der Waals surface area contributed by atoms with Crippen molar-refractivity contribution in [3.05, 3.63) is 29.8 Å². The Hall–Kier alpha value is -1.90. The van der Waals surface area contributed by atoms with Crippen molar-refractivity contribution < 1.29 is 22.9 Å². The number of carboxylic acid groups (broad SMARTS) is 1. The largest absolute Gasteiger partial charge is 0.480 e. The molecular formula is C11H12N2O5S. The average molecular weight is 284 g/mol. The van der Waals surface area contributed by atoms with E-state index in [9.17, 15) is 17.8 Å². The second kappa shape index (κ2) is 4.65. The Morgan fingerprint density at radius 2 is 2.00 bits per heavy atom. The minimum absolute atomic E-state index is 0.174. The number of benzene rings is 1. The van der Waals surface area contributed by atoms with E-state index in [0.29, 0.717) is 10.9 Å². The maximum absolute atomic E-state index is 11.3. The molecule has 5 N–H and O–H groups in total. The van der Waals surface area contributed by atoms with Crippen LogP contribution in [0.5, 0.6) is 0 Å². The first-order chi connectivity index (χ1) is 8.80. The number of hydrogen-bond donors (Lipinski definition) is 4. The van der Waals surface area contributed by atoms with E-state index < -0.39 is 27.2 Å². The molecule has 0 bridgehead atoms. The number of hydrogen-bond acceptors (Lipinski definition) is 4. The monoisotopic (exact) mass is 284 g/mol. The van der Waals surface area contributed by atoms with E-state index in [-0.39, 0.29) is 12.0 Å². The van der Waals surface area contributed by atoms with Crippen LogP contribution in [0, 0.1) is 0 Å². The molecule has 1 atom stereocenters. The number of aromatic nitrogens is 1. The van der Waals surface area contributed by atoms with E-state index in [1.54, 1.807) is 24.3 Å². The molecule has 0 radical (unpaired) electrons. The van der Waals surface area contributed by atoms with Crippen molar-refractivity contribution in [2.75, 3.05) is 0 Å². The molecule has 2 aromatic rings. The van der Waals surface area contributed by atoms with Crippen molar-refractivity contribution in [2.45, 2.75) is 17.5 Å². The number of fused-ring (bicyclic) bond motifs is 1. The van der Waals surface area contributed by atoms with Crippen molar-refractivity contribution in [3.8, 4) is 0 Å². The summed E-state index contributed by atoms with van der Waals surface area (Å²) in [5, 5.41) is 8.91. The molecule has 0 aliphatic carbocycles. The van der Waals surface area contributed by atoms with Gasteiger partial charge in [0.25, 0.3) is 0 Å². The third-order valence-electron chi connectivity index (χ3n) is 2.77. The Labute approximate surface area is 108 Å². The van der Waals surface area contributed by atoms with Crippen LogP contribution in [0.3, 0.4) is 0 Å². The summed E-state index contributed by atoms with van der Waals surface area (Å²) >= 11 is 0. The average Bonchev–Trinajstić information content (AvgIpc) is 2.68. The fraction of sp³-hybridized carbons (Fsp3) is 0.182. The van der Waals surface area contributed by atoms with Crippen molar-refractivity contribution >= 4 is 27.0 Å². The zero-order valence-corrected chi connectivity index (χ0v) is 10.5. The van der Waals surface area contributed by atoms with Crippen LogP contribution in [0.1, 0.15) is 5.56 Å². The van der Waals surface area contributed by atoms with Crippen molar-refractivity contribution in [1.29, 1.82) is 0 Å². The highest BCUT2D eigenvalue weighted by Crippen LogP contribution is 2.26. The fourth-order valence-electron chi connectivity index (χ4n) is 1.91. The Kier molecular flexibility index (Phi) is 3.31. The Morgan fingerprint density at radius 3 is 2.58 bits per heavy atom. The van der Waals surface area contributed by atoms with Gasteiger partial charge in [0.05, 0.1) is 0 Å². The summed E-state index contributed by atoms with van der Waals surface area (Å²) in [5.74, 6) is -1.24. The lowest BCUT2D eigenvalue weighted by molar-refractivity contribution is -0.138. The highest BCUT2D eigenvalue weighted by atomic mass is 32.2. The van der Waals surface area contributed by atoms with Gasteiger partial charge in [-0.15, -0.1) is 0 Å². The second-order valence-corrected chi connectivity index (χ2v) is 5.46. The van der Waals surface area contributed by atoms with Gasteiger partial charge in [0.2, 0.25) is 0 Å². The third-order valence-corrected chi connectivity index (χ3v) is 3.64. The van der Waals surface area contributed by atoms with Crippen molar-refractivity contribution in [1.82, 2.24) is 4.98 Å². The molecule has 8 heteroatoms. The fourth-order valence-corrected chi connectivity index (χ4v) is 2.65. The minimum Gasteiger partial charge on any atom is -0.480 e. The molecule has 1 aromatic heterocycles. The number of para-hydroxylation sites is 1. The predicted octanol–water partition coefficient (Wildman–Crippen LogP) is 0.369. The first-order valence-corrected chi connectivity index (χ1v) is 6.80. The number of nitrogens with two attached hydrogens (primary N) is 1. The molecule has 0 saturated heterocycles. The molecule has 0 amide bonds. The van der Waals surface area contributed by atoms with E-state index in [0.717, 1.165) is 0 Å². The maximum Gasteiger partial charge on any atom is 0.320 e. The first-order valence-electron chi connectivity index (χ1n) is 5.36. The third kappa shape index (κ3) is 2.60. The summed E-state index contributed by atoms with van der Waals surface area (Å²) in [6.07, 6.45) is -0.200. The Bertz CT molecular complexity index is 735. The van der Waals surface area contributed by atoms with Crippen molar-refractivity contribution in [3.63, 3.8) is 0 Å². The summed E-state index contributed by atoms with van der Waals surface area (Å²) in [6.45, 7) is 0. The van der Waals surface area contributed by atoms with Gasteiger partial charge in [-0.25, -0.2) is 0 Å². The number of aliphatic carboxylic acids is 1. The zero-order chi connectivity index (χ0) is 14.2. The molecule has 0 aliphatic rings. The molecule has 102 valence electrons. The van der Waals surface area contributed by atoms with Gasteiger partial charge in [0, 0.05) is 22.9 Å². The van der Waals surface area contributed by atoms with E-state index >= 15 is 0 Å². The SMILES string of the molecule is N[C@@H](Cc1c(S(=O)(=O)O)[nH]c2ccccc12)C(=O)O. The van der Waals surface area contributed by atoms with Crippen LogP contribution in [0.25, 0.3) is 10.9 Å². The van der Waals surface area contributed by atoms with Crippen LogP contribution < -0.4 is 5.73 Å². The van der Waals surface area contributed by atoms with Crippen LogP contribution in [-0.4, -0.2) is 35.1 Å². The maximum atomic E-state index is 11.3. The number of rotatable bonds is 4. The van der Waals surface area contributed by atoms with Crippen LogP contribution in [0.4, 0.5) is 0 Å². The van der Waals surface area contributed by atoms with Crippen LogP contribution in [0.15, 0.2) is 29.3 Å². The topological polar surface area (TPSA) is 133 Å². The van der Waals surface area contributed by atoms with E-state index in [1.165, 1.54) is 0 Å². The van der Waals surface area contributed by atoms with Crippen LogP contribution in [0.2, 0.25) is 0 Å². The summed E-state index contributed by atoms with van der Waals surface area (Å²) in [6, 6.07) is 5.37. The van der Waals surface area contributed by atoms with E-state index in [1.807, 2.05) is 0 Å². The van der Waals surface area contributed by atoms with Gasteiger partial charge in [-0.1, -0.05) is 18.2 Å². The molecule has 0 fully saturated rings. The minimum atomic E-state index is -4.47. The molecule has 7 nitrogen and oxygen atoms in total. The van der Waals surface area contributed by atoms with Gasteiger partial charge in [-0.2, -0.15) is 8.42 Å². The molecule has 0 saturated carbocycles. The highest BCUT2D eigenvalue weighted by Gasteiger charge is 2.24. The van der Waals surface area contributed by atoms with Crippen LogP contribution >= 0.6 is 0 Å². The quantitative estimate of drug-likeness (QED) is 0.599. The van der Waals surface area contributed by atoms with Gasteiger partial charge < -0.3 is 15.8 Å². The smallest absolute Gasteiger partial charge is 0.320 e. The molecule has 0 spiro atoms. The van der Waals surface area contributed by atoms with Gasteiger partial charge >= 0.3 is 16.1 Å². The molecule has 1 aromatic carbocycles. The number of aromatic amines is 1. The molecule has 0 aliphatic heterocycles. The summed E-state index contributed by atoms with van der Waals surface area (Å²) in [7, 11) is -4.47. The van der Waals surface area contributed by atoms with Gasteiger partial charge in [0.1, 0.15) is 6.04 Å². The summed E-state index contributed by atoms with van der Waals surface area (Å²) < 4.78 is 31.8. The van der Waals surface area contributed by atoms with E-state index in [2.05, 4.69) is 4.98 Å². The second-order valence-electron chi connectivity index (χ2n) is 4.10. The Balaban J connectivity index is 2.65. The summed E-state index contributed by atoms with van der Waals surface area (Å²) in [5.41, 5.74) is 6.08. The van der Waals surface area contributed by atoms with Crippen LogP contribution in [-0.2, 0) is 21.3 Å². The molecular weight excluding hydrogens is 272 g/mol. The normalized spacial score (nSPS) is 13.6. The lowest BCUT2D eigenvalue weighted by Gasteiger charge is -2.06.